The molecule has 18 heavy (non-hydrogen) atoms. The van der Waals surface area contributed by atoms with Gasteiger partial charge in [0, 0.05) is 9.37 Å². The van der Waals surface area contributed by atoms with E-state index >= 15 is 0 Å². The first-order chi connectivity index (χ1) is 8.69. The second-order valence-corrected chi connectivity index (χ2v) is 5.77. The lowest BCUT2D eigenvalue weighted by Gasteiger charge is -1.99. The fourth-order valence-corrected chi connectivity index (χ4v) is 2.34. The minimum atomic E-state index is -0.163. The Morgan fingerprint density at radius 2 is 2.11 bits per heavy atom. The van der Waals surface area contributed by atoms with Crippen LogP contribution in [-0.2, 0) is 5.75 Å². The van der Waals surface area contributed by atoms with E-state index in [2.05, 4.69) is 26.1 Å². The maximum Gasteiger partial charge on any atom is 0.243 e. The molecule has 96 valence electrons. The van der Waals surface area contributed by atoms with Crippen LogP contribution in [0.25, 0.3) is 0 Å². The highest BCUT2D eigenvalue weighted by atomic mass is 79.9. The standard InChI is InChI=1S/C12H14BrN3OS/c1-2-10(14)12-15-11(16-17-12)7-18-9-5-3-8(13)4-6-9/h3-6,10H,2,7,14H2,1H3/t10-/m1/s1. The van der Waals surface area contributed by atoms with E-state index in [1.54, 1.807) is 11.8 Å². The third-order valence-electron chi connectivity index (χ3n) is 2.42. The summed E-state index contributed by atoms with van der Waals surface area (Å²) in [5.74, 6) is 1.88. The lowest BCUT2D eigenvalue weighted by Crippen LogP contribution is -2.08. The number of nitrogens with two attached hydrogens (primary N) is 1. The molecule has 0 saturated carbocycles. The summed E-state index contributed by atoms with van der Waals surface area (Å²) >= 11 is 5.07. The molecule has 4 nitrogen and oxygen atoms in total. The highest BCUT2D eigenvalue weighted by molar-refractivity contribution is 9.10. The van der Waals surface area contributed by atoms with E-state index in [-0.39, 0.29) is 6.04 Å². The van der Waals surface area contributed by atoms with Crippen LogP contribution in [0.3, 0.4) is 0 Å². The molecule has 2 N–H and O–H groups in total. The number of halogens is 1. The van der Waals surface area contributed by atoms with Gasteiger partial charge < -0.3 is 10.3 Å². The minimum absolute atomic E-state index is 0.163. The molecule has 0 spiro atoms. The second kappa shape index (κ2) is 6.36. The Balaban J connectivity index is 1.94. The zero-order valence-corrected chi connectivity index (χ0v) is 12.4. The predicted octanol–water partition coefficient (Wildman–Crippen LogP) is 3.53. The quantitative estimate of drug-likeness (QED) is 0.851. The maximum atomic E-state index is 5.82. The van der Waals surface area contributed by atoms with Gasteiger partial charge in [0.15, 0.2) is 5.82 Å². The van der Waals surface area contributed by atoms with Gasteiger partial charge in [-0.1, -0.05) is 28.0 Å². The van der Waals surface area contributed by atoms with Crippen molar-refractivity contribution in [2.75, 3.05) is 0 Å². The van der Waals surface area contributed by atoms with Gasteiger partial charge in [-0.2, -0.15) is 4.98 Å². The topological polar surface area (TPSA) is 64.9 Å². The Morgan fingerprint density at radius 1 is 1.39 bits per heavy atom. The van der Waals surface area contributed by atoms with Gasteiger partial charge in [-0.15, -0.1) is 11.8 Å². The third kappa shape index (κ3) is 3.57. The van der Waals surface area contributed by atoms with Gasteiger partial charge in [0.25, 0.3) is 0 Å². The molecule has 1 aromatic heterocycles. The van der Waals surface area contributed by atoms with Crippen LogP contribution in [0.1, 0.15) is 31.1 Å². The molecule has 0 aliphatic rings. The van der Waals surface area contributed by atoms with Gasteiger partial charge in [-0.05, 0) is 30.7 Å². The number of nitrogens with zero attached hydrogens (tertiary/aromatic N) is 2. The number of hydrogen-bond donors (Lipinski definition) is 1. The van der Waals surface area contributed by atoms with Crippen molar-refractivity contribution < 1.29 is 4.52 Å². The molecule has 2 aromatic rings. The summed E-state index contributed by atoms with van der Waals surface area (Å²) in [5.41, 5.74) is 5.82. The summed E-state index contributed by atoms with van der Waals surface area (Å²) in [7, 11) is 0. The maximum absolute atomic E-state index is 5.82. The molecule has 0 unspecified atom stereocenters. The molecule has 6 heteroatoms. The van der Waals surface area contributed by atoms with E-state index in [0.29, 0.717) is 17.5 Å². The van der Waals surface area contributed by atoms with Crippen molar-refractivity contribution in [3.63, 3.8) is 0 Å². The van der Waals surface area contributed by atoms with E-state index in [1.807, 2.05) is 31.2 Å². The molecule has 2 rings (SSSR count). The van der Waals surface area contributed by atoms with Crippen molar-refractivity contribution in [2.24, 2.45) is 5.73 Å². The number of hydrogen-bond acceptors (Lipinski definition) is 5. The molecule has 1 atom stereocenters. The molecule has 0 saturated heterocycles. The number of rotatable bonds is 5. The van der Waals surface area contributed by atoms with Gasteiger partial charge in [-0.3, -0.25) is 0 Å². The van der Waals surface area contributed by atoms with E-state index in [9.17, 15) is 0 Å². The average Bonchev–Trinajstić information content (AvgIpc) is 2.86. The van der Waals surface area contributed by atoms with Crippen LogP contribution in [-0.4, -0.2) is 10.1 Å². The highest BCUT2D eigenvalue weighted by Crippen LogP contribution is 2.23. The SMILES string of the molecule is CC[C@@H](N)c1nc(CSc2ccc(Br)cc2)no1. The van der Waals surface area contributed by atoms with Crippen molar-refractivity contribution >= 4 is 27.7 Å². The molecular formula is C12H14BrN3OS. The molecular weight excluding hydrogens is 314 g/mol. The van der Waals surface area contributed by atoms with E-state index in [0.717, 1.165) is 10.9 Å². The molecule has 0 amide bonds. The first kappa shape index (κ1) is 13.6. The molecule has 0 aliphatic heterocycles. The lowest BCUT2D eigenvalue weighted by atomic mass is 10.2. The van der Waals surface area contributed by atoms with Crippen molar-refractivity contribution in [3.05, 3.63) is 40.5 Å². The van der Waals surface area contributed by atoms with Gasteiger partial charge in [-0.25, -0.2) is 0 Å². The third-order valence-corrected chi connectivity index (χ3v) is 3.96. The first-order valence-corrected chi connectivity index (χ1v) is 7.43. The first-order valence-electron chi connectivity index (χ1n) is 5.65. The predicted molar refractivity (Wildman–Crippen MR) is 75.2 cm³/mol. The fourth-order valence-electron chi connectivity index (χ4n) is 1.33. The van der Waals surface area contributed by atoms with Gasteiger partial charge in [0.2, 0.25) is 5.89 Å². The summed E-state index contributed by atoms with van der Waals surface area (Å²) in [5, 5.41) is 3.92. The smallest absolute Gasteiger partial charge is 0.243 e. The zero-order valence-electron chi connectivity index (χ0n) is 9.97. The van der Waals surface area contributed by atoms with Crippen molar-refractivity contribution in [1.82, 2.24) is 10.1 Å². The molecule has 0 bridgehead atoms. The van der Waals surface area contributed by atoms with Crippen LogP contribution in [0.2, 0.25) is 0 Å². The summed E-state index contributed by atoms with van der Waals surface area (Å²) in [6.07, 6.45) is 0.793. The number of aromatic nitrogens is 2. The highest BCUT2D eigenvalue weighted by Gasteiger charge is 2.12. The molecule has 1 aromatic carbocycles. The van der Waals surface area contributed by atoms with Crippen LogP contribution in [0.15, 0.2) is 38.2 Å². The van der Waals surface area contributed by atoms with Gasteiger partial charge >= 0.3 is 0 Å². The average molecular weight is 328 g/mol. The molecule has 0 fully saturated rings. The molecule has 0 aliphatic carbocycles. The van der Waals surface area contributed by atoms with Gasteiger partial charge in [0.05, 0.1) is 11.8 Å². The van der Waals surface area contributed by atoms with Crippen LogP contribution >= 0.6 is 27.7 Å². The normalized spacial score (nSPS) is 12.6. The van der Waals surface area contributed by atoms with E-state index < -0.39 is 0 Å². The van der Waals surface area contributed by atoms with Crippen LogP contribution in [0, 0.1) is 0 Å². The second-order valence-electron chi connectivity index (χ2n) is 3.81. The summed E-state index contributed by atoms with van der Waals surface area (Å²) in [6, 6.07) is 7.96. The van der Waals surface area contributed by atoms with Crippen LogP contribution < -0.4 is 5.73 Å². The zero-order chi connectivity index (χ0) is 13.0. The van der Waals surface area contributed by atoms with Crippen molar-refractivity contribution in [3.8, 4) is 0 Å². The monoisotopic (exact) mass is 327 g/mol. The van der Waals surface area contributed by atoms with Crippen molar-refractivity contribution in [2.45, 2.75) is 30.0 Å². The summed E-state index contributed by atoms with van der Waals surface area (Å²) in [4.78, 5) is 5.45. The van der Waals surface area contributed by atoms with Crippen LogP contribution in [0.4, 0.5) is 0 Å². The van der Waals surface area contributed by atoms with Crippen LogP contribution in [0.5, 0.6) is 0 Å². The van der Waals surface area contributed by atoms with Gasteiger partial charge in [0.1, 0.15) is 0 Å². The Bertz CT molecular complexity index is 500. The number of benzene rings is 1. The Labute approximate surface area is 118 Å². The van der Waals surface area contributed by atoms with E-state index in [4.69, 9.17) is 10.3 Å². The summed E-state index contributed by atoms with van der Waals surface area (Å²) < 4.78 is 6.19. The van der Waals surface area contributed by atoms with Crippen molar-refractivity contribution in [1.29, 1.82) is 0 Å². The Hall–Kier alpha value is -0.850. The van der Waals surface area contributed by atoms with E-state index in [1.165, 1.54) is 4.90 Å². The Kier molecular flexibility index (Phi) is 4.79. The largest absolute Gasteiger partial charge is 0.338 e. The molecule has 0 radical (unpaired) electrons. The minimum Gasteiger partial charge on any atom is -0.338 e. The number of thioether (sulfide) groups is 1. The Morgan fingerprint density at radius 3 is 2.78 bits per heavy atom. The molecule has 1 heterocycles. The fraction of sp³-hybridized carbons (Fsp3) is 0.333. The summed E-state index contributed by atoms with van der Waals surface area (Å²) in [6.45, 7) is 1.99. The lowest BCUT2D eigenvalue weighted by molar-refractivity contribution is 0.349.